The Morgan fingerprint density at radius 2 is 2.21 bits per heavy atom. The molecule has 0 aliphatic heterocycles. The van der Waals surface area contributed by atoms with Crippen LogP contribution in [0.1, 0.15) is 21.9 Å². The standard InChI is InChI=1S/C13H11ClFNO3/c1-7-8(4-12(19-7)13(17)18)6-16-11-3-2-9(15)5-10(11)14/h2-5,16H,6H2,1H3,(H,17,18). The summed E-state index contributed by atoms with van der Waals surface area (Å²) in [6.45, 7) is 2.02. The molecule has 1 aromatic heterocycles. The highest BCUT2D eigenvalue weighted by Crippen LogP contribution is 2.24. The van der Waals surface area contributed by atoms with Gasteiger partial charge in [-0.05, 0) is 31.2 Å². The van der Waals surface area contributed by atoms with E-state index >= 15 is 0 Å². The van der Waals surface area contributed by atoms with Gasteiger partial charge in [0.2, 0.25) is 5.76 Å². The van der Waals surface area contributed by atoms with Gasteiger partial charge in [-0.2, -0.15) is 0 Å². The summed E-state index contributed by atoms with van der Waals surface area (Å²) in [7, 11) is 0. The van der Waals surface area contributed by atoms with Crippen molar-refractivity contribution in [1.82, 2.24) is 0 Å². The fraction of sp³-hybridized carbons (Fsp3) is 0.154. The quantitative estimate of drug-likeness (QED) is 0.898. The number of hydrogen-bond acceptors (Lipinski definition) is 3. The van der Waals surface area contributed by atoms with E-state index in [1.54, 1.807) is 6.92 Å². The minimum absolute atomic E-state index is 0.112. The van der Waals surface area contributed by atoms with E-state index < -0.39 is 11.8 Å². The number of hydrogen-bond donors (Lipinski definition) is 2. The molecule has 0 fully saturated rings. The second kappa shape index (κ2) is 5.32. The van der Waals surface area contributed by atoms with Crippen LogP contribution in [-0.2, 0) is 6.54 Å². The topological polar surface area (TPSA) is 62.5 Å². The molecule has 0 saturated heterocycles. The summed E-state index contributed by atoms with van der Waals surface area (Å²) in [5.74, 6) is -1.12. The first-order valence-electron chi connectivity index (χ1n) is 5.49. The monoisotopic (exact) mass is 283 g/mol. The number of carboxylic acid groups (broad SMARTS) is 1. The predicted molar refractivity (Wildman–Crippen MR) is 69.1 cm³/mol. The lowest BCUT2D eigenvalue weighted by Crippen LogP contribution is -2.00. The molecule has 0 atom stereocenters. The van der Waals surface area contributed by atoms with Crippen LogP contribution in [0.3, 0.4) is 0 Å². The normalized spacial score (nSPS) is 10.5. The largest absolute Gasteiger partial charge is 0.475 e. The Labute approximate surface area is 113 Å². The zero-order valence-corrected chi connectivity index (χ0v) is 10.8. The minimum Gasteiger partial charge on any atom is -0.475 e. The molecule has 0 bridgehead atoms. The highest BCUT2D eigenvalue weighted by atomic mass is 35.5. The lowest BCUT2D eigenvalue weighted by Gasteiger charge is -2.07. The van der Waals surface area contributed by atoms with Crippen LogP contribution < -0.4 is 5.32 Å². The van der Waals surface area contributed by atoms with E-state index in [0.29, 0.717) is 23.6 Å². The minimum atomic E-state index is -1.12. The number of furan rings is 1. The van der Waals surface area contributed by atoms with Crippen molar-refractivity contribution in [3.8, 4) is 0 Å². The molecule has 0 aliphatic carbocycles. The number of benzene rings is 1. The molecule has 0 saturated carbocycles. The molecule has 19 heavy (non-hydrogen) atoms. The Balaban J connectivity index is 2.12. The van der Waals surface area contributed by atoms with E-state index in [2.05, 4.69) is 5.32 Å². The van der Waals surface area contributed by atoms with Crippen LogP contribution in [0.4, 0.5) is 10.1 Å². The Morgan fingerprint density at radius 3 is 2.79 bits per heavy atom. The number of nitrogens with one attached hydrogen (secondary N) is 1. The molecule has 0 spiro atoms. The zero-order chi connectivity index (χ0) is 14.0. The van der Waals surface area contributed by atoms with Crippen LogP contribution in [0.2, 0.25) is 5.02 Å². The lowest BCUT2D eigenvalue weighted by atomic mass is 10.2. The summed E-state index contributed by atoms with van der Waals surface area (Å²) in [5.41, 5.74) is 1.28. The maximum absolute atomic E-state index is 12.9. The van der Waals surface area contributed by atoms with E-state index in [9.17, 15) is 9.18 Å². The van der Waals surface area contributed by atoms with Crippen LogP contribution in [0, 0.1) is 12.7 Å². The molecule has 4 nitrogen and oxygen atoms in total. The summed E-state index contributed by atoms with van der Waals surface area (Å²) in [4.78, 5) is 10.8. The molecule has 0 radical (unpaired) electrons. The van der Waals surface area contributed by atoms with Gasteiger partial charge < -0.3 is 14.8 Å². The fourth-order valence-electron chi connectivity index (χ4n) is 1.62. The Hall–Kier alpha value is -2.01. The van der Waals surface area contributed by atoms with Crippen LogP contribution >= 0.6 is 11.6 Å². The molecule has 2 aromatic rings. The van der Waals surface area contributed by atoms with Crippen LogP contribution in [-0.4, -0.2) is 11.1 Å². The third-order valence-electron chi connectivity index (χ3n) is 2.63. The molecule has 2 rings (SSSR count). The highest BCUT2D eigenvalue weighted by Gasteiger charge is 2.13. The highest BCUT2D eigenvalue weighted by molar-refractivity contribution is 6.33. The molecule has 0 unspecified atom stereocenters. The molecule has 0 amide bonds. The van der Waals surface area contributed by atoms with Gasteiger partial charge in [0, 0.05) is 12.1 Å². The second-order valence-electron chi connectivity index (χ2n) is 3.97. The average Bonchev–Trinajstić information content (AvgIpc) is 2.70. The summed E-state index contributed by atoms with van der Waals surface area (Å²) < 4.78 is 18.0. The van der Waals surface area contributed by atoms with Crippen molar-refractivity contribution in [2.24, 2.45) is 0 Å². The number of aryl methyl sites for hydroxylation is 1. The number of halogens is 2. The van der Waals surface area contributed by atoms with Gasteiger partial charge in [-0.15, -0.1) is 0 Å². The van der Waals surface area contributed by atoms with E-state index in [0.717, 1.165) is 0 Å². The molecule has 0 aliphatic rings. The number of carboxylic acids is 1. The summed E-state index contributed by atoms with van der Waals surface area (Å²) in [6.07, 6.45) is 0. The zero-order valence-electron chi connectivity index (χ0n) is 10.0. The van der Waals surface area contributed by atoms with Gasteiger partial charge >= 0.3 is 5.97 Å². The van der Waals surface area contributed by atoms with Crippen molar-refractivity contribution in [2.75, 3.05) is 5.32 Å². The number of anilines is 1. The summed E-state index contributed by atoms with van der Waals surface area (Å²) in [6, 6.07) is 5.46. The van der Waals surface area contributed by atoms with Crippen LogP contribution in [0.25, 0.3) is 0 Å². The maximum Gasteiger partial charge on any atom is 0.371 e. The van der Waals surface area contributed by atoms with Crippen molar-refractivity contribution < 1.29 is 18.7 Å². The average molecular weight is 284 g/mol. The molecule has 6 heteroatoms. The van der Waals surface area contributed by atoms with Crippen LogP contribution in [0.5, 0.6) is 0 Å². The second-order valence-corrected chi connectivity index (χ2v) is 4.38. The first kappa shape index (κ1) is 13.4. The van der Waals surface area contributed by atoms with Gasteiger partial charge in [0.05, 0.1) is 10.7 Å². The molecular formula is C13H11ClFNO3. The Morgan fingerprint density at radius 1 is 1.47 bits per heavy atom. The third-order valence-corrected chi connectivity index (χ3v) is 2.94. The van der Waals surface area contributed by atoms with Crippen molar-refractivity contribution in [2.45, 2.75) is 13.5 Å². The van der Waals surface area contributed by atoms with Crippen molar-refractivity contribution in [3.63, 3.8) is 0 Å². The van der Waals surface area contributed by atoms with E-state index in [1.165, 1.54) is 24.3 Å². The van der Waals surface area contributed by atoms with Gasteiger partial charge in [0.1, 0.15) is 11.6 Å². The lowest BCUT2D eigenvalue weighted by molar-refractivity contribution is 0.0661. The van der Waals surface area contributed by atoms with Crippen molar-refractivity contribution in [1.29, 1.82) is 0 Å². The van der Waals surface area contributed by atoms with Crippen LogP contribution in [0.15, 0.2) is 28.7 Å². The van der Waals surface area contributed by atoms with E-state index in [-0.39, 0.29) is 10.8 Å². The first-order chi connectivity index (χ1) is 8.97. The SMILES string of the molecule is Cc1oc(C(=O)O)cc1CNc1ccc(F)cc1Cl. The van der Waals surface area contributed by atoms with E-state index in [1.807, 2.05) is 0 Å². The van der Waals surface area contributed by atoms with Crippen molar-refractivity contribution in [3.05, 3.63) is 52.2 Å². The maximum atomic E-state index is 12.9. The summed E-state index contributed by atoms with van der Waals surface area (Å²) in [5, 5.41) is 12.1. The third kappa shape index (κ3) is 3.06. The predicted octanol–water partition coefficient (Wildman–Crippen LogP) is 3.69. The van der Waals surface area contributed by atoms with Crippen molar-refractivity contribution >= 4 is 23.3 Å². The molecular weight excluding hydrogens is 273 g/mol. The number of rotatable bonds is 4. The Kier molecular flexibility index (Phi) is 3.76. The fourth-order valence-corrected chi connectivity index (χ4v) is 1.86. The molecule has 1 heterocycles. The summed E-state index contributed by atoms with van der Waals surface area (Å²) >= 11 is 5.87. The van der Waals surface area contributed by atoms with E-state index in [4.69, 9.17) is 21.1 Å². The van der Waals surface area contributed by atoms with Gasteiger partial charge in [0.25, 0.3) is 0 Å². The molecule has 100 valence electrons. The first-order valence-corrected chi connectivity index (χ1v) is 5.86. The number of carbonyl (C=O) groups is 1. The van der Waals surface area contributed by atoms with Gasteiger partial charge in [-0.1, -0.05) is 11.6 Å². The Bertz CT molecular complexity index is 624. The number of aromatic carboxylic acids is 1. The van der Waals surface area contributed by atoms with Gasteiger partial charge in [-0.3, -0.25) is 0 Å². The molecule has 2 N–H and O–H groups in total. The van der Waals surface area contributed by atoms with Gasteiger partial charge in [0.15, 0.2) is 0 Å². The smallest absolute Gasteiger partial charge is 0.371 e. The molecule has 1 aromatic carbocycles. The van der Waals surface area contributed by atoms with Gasteiger partial charge in [-0.25, -0.2) is 9.18 Å².